The van der Waals surface area contributed by atoms with E-state index in [0.29, 0.717) is 0 Å². The predicted octanol–water partition coefficient (Wildman–Crippen LogP) is 4.42. The van der Waals surface area contributed by atoms with Gasteiger partial charge in [0.25, 0.3) is 0 Å². The van der Waals surface area contributed by atoms with Crippen LogP contribution in [-0.4, -0.2) is 31.4 Å². The molecule has 0 bridgehead atoms. The molecule has 6 nitrogen and oxygen atoms in total. The first-order valence-electron chi connectivity index (χ1n) is 9.51. The van der Waals surface area contributed by atoms with Gasteiger partial charge in [-0.2, -0.15) is 5.10 Å². The van der Waals surface area contributed by atoms with E-state index in [1.807, 2.05) is 23.0 Å². The van der Waals surface area contributed by atoms with E-state index in [2.05, 4.69) is 50.0 Å². The van der Waals surface area contributed by atoms with Gasteiger partial charge in [0.15, 0.2) is 0 Å². The van der Waals surface area contributed by atoms with E-state index < -0.39 is 0 Å². The van der Waals surface area contributed by atoms with Crippen molar-refractivity contribution >= 4 is 32.7 Å². The third-order valence-electron chi connectivity index (χ3n) is 5.29. The molecule has 3 aromatic heterocycles. The molecule has 5 aromatic rings. The van der Waals surface area contributed by atoms with Gasteiger partial charge in [-0.15, -0.1) is 0 Å². The molecule has 0 saturated heterocycles. The van der Waals surface area contributed by atoms with Crippen molar-refractivity contribution in [1.82, 2.24) is 24.3 Å². The molecule has 2 aromatic carbocycles. The van der Waals surface area contributed by atoms with Crippen LogP contribution in [0, 0.1) is 0 Å². The monoisotopic (exact) mass is 371 g/mol. The Morgan fingerprint density at radius 2 is 1.86 bits per heavy atom. The zero-order valence-corrected chi connectivity index (χ0v) is 15.7. The number of benzene rings is 2. The lowest BCUT2D eigenvalue weighted by molar-refractivity contribution is 0.415. The Balaban J connectivity index is 1.60. The van der Waals surface area contributed by atoms with E-state index in [1.165, 1.54) is 27.2 Å². The summed E-state index contributed by atoms with van der Waals surface area (Å²) in [5.74, 6) is 0.867. The highest BCUT2D eigenvalue weighted by Crippen LogP contribution is 2.35. The second-order valence-corrected chi connectivity index (χ2v) is 6.94. The molecular formula is C22H21N5O. The normalized spacial score (nSPS) is 11.6. The third kappa shape index (κ3) is 2.78. The number of ether oxygens (including phenoxy) is 1. The molecule has 0 spiro atoms. The number of hydrogen-bond acceptors (Lipinski definition) is 4. The Labute approximate surface area is 162 Å². The van der Waals surface area contributed by atoms with Crippen LogP contribution in [-0.2, 0) is 13.1 Å². The smallest absolute Gasteiger partial charge is 0.137 e. The van der Waals surface area contributed by atoms with Crippen LogP contribution in [0.2, 0.25) is 0 Å². The number of fused-ring (bicyclic) bond motifs is 5. The van der Waals surface area contributed by atoms with Gasteiger partial charge < -0.3 is 9.30 Å². The number of rotatable bonds is 6. The van der Waals surface area contributed by atoms with Gasteiger partial charge in [-0.05, 0) is 37.1 Å². The Bertz CT molecular complexity index is 1260. The Kier molecular flexibility index (Phi) is 4.16. The maximum absolute atomic E-state index is 5.46. The summed E-state index contributed by atoms with van der Waals surface area (Å²) in [6.45, 7) is 1.82. The van der Waals surface area contributed by atoms with Gasteiger partial charge in [-0.25, -0.2) is 4.98 Å². The van der Waals surface area contributed by atoms with Crippen LogP contribution in [0.1, 0.15) is 12.8 Å². The molecule has 0 atom stereocenters. The van der Waals surface area contributed by atoms with Crippen LogP contribution in [0.4, 0.5) is 0 Å². The minimum atomic E-state index is 0.867. The number of pyridine rings is 1. The average molecular weight is 371 g/mol. The zero-order chi connectivity index (χ0) is 18.9. The molecule has 6 heteroatoms. The SMILES string of the molecule is COc1ccc2c(c1)c1cnc3ccccc3c1n2CCCCn1cncn1. The summed E-state index contributed by atoms with van der Waals surface area (Å²) in [6.07, 6.45) is 7.45. The molecule has 0 aliphatic rings. The fraction of sp³-hybridized carbons (Fsp3) is 0.227. The van der Waals surface area contributed by atoms with Crippen molar-refractivity contribution in [1.29, 1.82) is 0 Å². The molecule has 0 radical (unpaired) electrons. The van der Waals surface area contributed by atoms with E-state index >= 15 is 0 Å². The maximum Gasteiger partial charge on any atom is 0.137 e. The Morgan fingerprint density at radius 1 is 0.964 bits per heavy atom. The van der Waals surface area contributed by atoms with Crippen LogP contribution in [0.5, 0.6) is 5.75 Å². The van der Waals surface area contributed by atoms with Crippen LogP contribution in [0.25, 0.3) is 32.7 Å². The quantitative estimate of drug-likeness (QED) is 0.415. The molecule has 5 rings (SSSR count). The van der Waals surface area contributed by atoms with Gasteiger partial charge in [0, 0.05) is 41.0 Å². The maximum atomic E-state index is 5.46. The van der Waals surface area contributed by atoms with Gasteiger partial charge in [0.1, 0.15) is 18.4 Å². The summed E-state index contributed by atoms with van der Waals surface area (Å²) in [7, 11) is 1.71. The fourth-order valence-electron chi connectivity index (χ4n) is 3.95. The number of hydrogen-bond donors (Lipinski definition) is 0. The van der Waals surface area contributed by atoms with Crippen molar-refractivity contribution in [2.45, 2.75) is 25.9 Å². The Hall–Kier alpha value is -3.41. The summed E-state index contributed by atoms with van der Waals surface area (Å²) in [6, 6.07) is 14.6. The van der Waals surface area contributed by atoms with E-state index in [1.54, 1.807) is 19.8 Å². The second-order valence-electron chi connectivity index (χ2n) is 6.94. The van der Waals surface area contributed by atoms with Crippen molar-refractivity contribution in [2.75, 3.05) is 7.11 Å². The molecule has 140 valence electrons. The summed E-state index contributed by atoms with van der Waals surface area (Å²) >= 11 is 0. The summed E-state index contributed by atoms with van der Waals surface area (Å²) in [5, 5.41) is 7.73. The number of nitrogens with zero attached hydrogens (tertiary/aromatic N) is 5. The van der Waals surface area contributed by atoms with Crippen LogP contribution in [0.3, 0.4) is 0 Å². The van der Waals surface area contributed by atoms with Crippen LogP contribution >= 0.6 is 0 Å². The largest absolute Gasteiger partial charge is 0.497 e. The first kappa shape index (κ1) is 16.7. The lowest BCUT2D eigenvalue weighted by Crippen LogP contribution is -2.02. The molecule has 28 heavy (non-hydrogen) atoms. The zero-order valence-electron chi connectivity index (χ0n) is 15.7. The van der Waals surface area contributed by atoms with Crippen molar-refractivity contribution in [3.05, 3.63) is 61.3 Å². The number of unbranched alkanes of at least 4 members (excludes halogenated alkanes) is 1. The highest BCUT2D eigenvalue weighted by molar-refractivity contribution is 6.16. The number of para-hydroxylation sites is 1. The summed E-state index contributed by atoms with van der Waals surface area (Å²) < 4.78 is 9.77. The van der Waals surface area contributed by atoms with E-state index in [0.717, 1.165) is 37.2 Å². The van der Waals surface area contributed by atoms with E-state index in [9.17, 15) is 0 Å². The number of aryl methyl sites for hydroxylation is 2. The van der Waals surface area contributed by atoms with Crippen molar-refractivity contribution < 1.29 is 4.74 Å². The molecular weight excluding hydrogens is 350 g/mol. The highest BCUT2D eigenvalue weighted by Gasteiger charge is 2.14. The van der Waals surface area contributed by atoms with Crippen molar-refractivity contribution in [2.24, 2.45) is 0 Å². The van der Waals surface area contributed by atoms with Crippen molar-refractivity contribution in [3.8, 4) is 5.75 Å². The topological polar surface area (TPSA) is 57.8 Å². The molecule has 0 aliphatic heterocycles. The minimum Gasteiger partial charge on any atom is -0.497 e. The van der Waals surface area contributed by atoms with Crippen LogP contribution in [0.15, 0.2) is 61.3 Å². The fourth-order valence-corrected chi connectivity index (χ4v) is 3.95. The molecule has 3 heterocycles. The second kappa shape index (κ2) is 6.96. The first-order chi connectivity index (χ1) is 13.8. The Morgan fingerprint density at radius 3 is 2.71 bits per heavy atom. The molecule has 0 aliphatic carbocycles. The lowest BCUT2D eigenvalue weighted by Gasteiger charge is -2.09. The van der Waals surface area contributed by atoms with E-state index in [-0.39, 0.29) is 0 Å². The van der Waals surface area contributed by atoms with Gasteiger partial charge in [0.2, 0.25) is 0 Å². The van der Waals surface area contributed by atoms with Crippen LogP contribution < -0.4 is 4.74 Å². The van der Waals surface area contributed by atoms with Crippen molar-refractivity contribution in [3.63, 3.8) is 0 Å². The first-order valence-corrected chi connectivity index (χ1v) is 9.51. The number of methoxy groups -OCH3 is 1. The molecule has 0 N–H and O–H groups in total. The van der Waals surface area contributed by atoms with Gasteiger partial charge in [-0.1, -0.05) is 18.2 Å². The number of aromatic nitrogens is 5. The van der Waals surface area contributed by atoms with Gasteiger partial charge in [-0.3, -0.25) is 9.67 Å². The third-order valence-corrected chi connectivity index (χ3v) is 5.29. The minimum absolute atomic E-state index is 0.867. The molecule has 0 fully saturated rings. The van der Waals surface area contributed by atoms with Gasteiger partial charge in [0.05, 0.1) is 18.1 Å². The summed E-state index contributed by atoms with van der Waals surface area (Å²) in [5.41, 5.74) is 3.48. The molecule has 0 saturated carbocycles. The lowest BCUT2D eigenvalue weighted by atomic mass is 10.1. The molecule has 0 amide bonds. The predicted molar refractivity (Wildman–Crippen MR) is 111 cm³/mol. The standard InChI is InChI=1S/C22H21N5O/c1-28-16-8-9-21-18(12-16)19-13-24-20-7-3-2-6-17(20)22(19)27(21)11-5-4-10-26-15-23-14-25-26/h2-3,6-9,12-15H,4-5,10-11H2,1H3. The average Bonchev–Trinajstić information content (AvgIpc) is 3.37. The summed E-state index contributed by atoms with van der Waals surface area (Å²) in [4.78, 5) is 8.70. The highest BCUT2D eigenvalue weighted by atomic mass is 16.5. The van der Waals surface area contributed by atoms with Gasteiger partial charge >= 0.3 is 0 Å². The molecule has 0 unspecified atom stereocenters. The van der Waals surface area contributed by atoms with E-state index in [4.69, 9.17) is 4.74 Å².